The maximum atomic E-state index is 10.1. The Bertz CT molecular complexity index is 109. The van der Waals surface area contributed by atoms with E-state index in [2.05, 4.69) is 0 Å². The molecule has 0 aromatic carbocycles. The minimum absolute atomic E-state index is 0.000000000000000222. The lowest BCUT2D eigenvalue weighted by Crippen LogP contribution is -1.98. The molecule has 0 aromatic heterocycles. The van der Waals surface area contributed by atoms with E-state index in [1.807, 2.05) is 6.92 Å². The van der Waals surface area contributed by atoms with Crippen LogP contribution in [0.4, 0.5) is 0 Å². The van der Waals surface area contributed by atoms with Crippen molar-refractivity contribution in [3.05, 3.63) is 0 Å². The molecule has 0 saturated heterocycles. The second-order valence-corrected chi connectivity index (χ2v) is 2.35. The van der Waals surface area contributed by atoms with Crippen LogP contribution in [0, 0.1) is 11.8 Å². The Morgan fingerprint density at radius 3 is 2.62 bits per heavy atom. The number of carboxylic acids is 1. The van der Waals surface area contributed by atoms with E-state index in [0.29, 0.717) is 5.92 Å². The van der Waals surface area contributed by atoms with Crippen molar-refractivity contribution < 1.29 is 9.90 Å². The summed E-state index contributed by atoms with van der Waals surface area (Å²) in [6, 6.07) is 0. The van der Waals surface area contributed by atoms with E-state index in [4.69, 9.17) is 5.11 Å². The van der Waals surface area contributed by atoms with Crippen molar-refractivity contribution in [2.75, 3.05) is 0 Å². The standard InChI is InChI=1S/C6H10O2/c1-2-4-3-5(4)6(7)8/h4-5H,2-3H2,1H3,(H,7,8)/t4?,5-/m0/s1. The van der Waals surface area contributed by atoms with Crippen LogP contribution in [0.1, 0.15) is 19.8 Å². The van der Waals surface area contributed by atoms with Gasteiger partial charge in [-0.3, -0.25) is 4.79 Å². The molecule has 46 valence electrons. The van der Waals surface area contributed by atoms with Gasteiger partial charge in [-0.1, -0.05) is 13.3 Å². The van der Waals surface area contributed by atoms with Gasteiger partial charge in [-0.15, -0.1) is 0 Å². The van der Waals surface area contributed by atoms with E-state index in [0.717, 1.165) is 12.8 Å². The van der Waals surface area contributed by atoms with Crippen LogP contribution in [0.15, 0.2) is 0 Å². The zero-order valence-electron chi connectivity index (χ0n) is 4.92. The van der Waals surface area contributed by atoms with Gasteiger partial charge in [0.25, 0.3) is 0 Å². The van der Waals surface area contributed by atoms with Gasteiger partial charge in [0.2, 0.25) is 0 Å². The second kappa shape index (κ2) is 1.77. The zero-order valence-corrected chi connectivity index (χ0v) is 4.92. The first-order chi connectivity index (χ1) is 3.75. The number of carbonyl (C=O) groups is 1. The summed E-state index contributed by atoms with van der Waals surface area (Å²) in [6.45, 7) is 2.04. The number of aliphatic carboxylic acids is 1. The van der Waals surface area contributed by atoms with Crippen LogP contribution in [-0.2, 0) is 4.79 Å². The predicted octanol–water partition coefficient (Wildman–Crippen LogP) is 1.12. The first-order valence-corrected chi connectivity index (χ1v) is 2.98. The highest BCUT2D eigenvalue weighted by molar-refractivity contribution is 5.73. The lowest BCUT2D eigenvalue weighted by atomic mass is 10.3. The van der Waals surface area contributed by atoms with E-state index < -0.39 is 5.97 Å². The maximum absolute atomic E-state index is 10.1. The van der Waals surface area contributed by atoms with Crippen LogP contribution in [0.2, 0.25) is 0 Å². The van der Waals surface area contributed by atoms with E-state index in [1.54, 1.807) is 0 Å². The molecule has 8 heavy (non-hydrogen) atoms. The summed E-state index contributed by atoms with van der Waals surface area (Å²) in [7, 11) is 0. The summed E-state index contributed by atoms with van der Waals surface area (Å²) in [6.07, 6.45) is 1.93. The molecule has 0 amide bonds. The molecule has 1 saturated carbocycles. The fourth-order valence-corrected chi connectivity index (χ4v) is 1.00. The Morgan fingerprint density at radius 2 is 2.50 bits per heavy atom. The number of rotatable bonds is 2. The van der Waals surface area contributed by atoms with Crippen LogP contribution >= 0.6 is 0 Å². The van der Waals surface area contributed by atoms with Crippen molar-refractivity contribution in [3.63, 3.8) is 0 Å². The van der Waals surface area contributed by atoms with Gasteiger partial charge in [-0.25, -0.2) is 0 Å². The molecule has 1 unspecified atom stereocenters. The minimum Gasteiger partial charge on any atom is -0.481 e. The third-order valence-corrected chi connectivity index (χ3v) is 1.76. The van der Waals surface area contributed by atoms with Crippen LogP contribution < -0.4 is 0 Å². The quantitative estimate of drug-likeness (QED) is 0.584. The Hall–Kier alpha value is -0.530. The Morgan fingerprint density at radius 1 is 1.88 bits per heavy atom. The molecule has 2 heteroatoms. The summed E-state index contributed by atoms with van der Waals surface area (Å²) in [4.78, 5) is 10.1. The van der Waals surface area contributed by atoms with Gasteiger partial charge >= 0.3 is 5.97 Å². The third kappa shape index (κ3) is 0.831. The summed E-state index contributed by atoms with van der Waals surface area (Å²) in [5, 5.41) is 8.35. The average molecular weight is 114 g/mol. The van der Waals surface area contributed by atoms with Crippen LogP contribution in [0.5, 0.6) is 0 Å². The topological polar surface area (TPSA) is 37.3 Å². The fourth-order valence-electron chi connectivity index (χ4n) is 1.00. The van der Waals surface area contributed by atoms with Crippen molar-refractivity contribution in [3.8, 4) is 0 Å². The molecule has 0 aliphatic heterocycles. The largest absolute Gasteiger partial charge is 0.481 e. The number of hydrogen-bond acceptors (Lipinski definition) is 1. The molecular formula is C6H10O2. The molecule has 1 aliphatic rings. The highest BCUT2D eigenvalue weighted by Gasteiger charge is 2.41. The van der Waals surface area contributed by atoms with Crippen molar-refractivity contribution in [1.82, 2.24) is 0 Å². The molecule has 0 heterocycles. The van der Waals surface area contributed by atoms with Gasteiger partial charge in [0.15, 0.2) is 0 Å². The van der Waals surface area contributed by atoms with E-state index in [9.17, 15) is 4.79 Å². The van der Waals surface area contributed by atoms with Crippen LogP contribution in [0.25, 0.3) is 0 Å². The molecule has 0 radical (unpaired) electrons. The third-order valence-electron chi connectivity index (χ3n) is 1.76. The first kappa shape index (κ1) is 5.60. The maximum Gasteiger partial charge on any atom is 0.306 e. The monoisotopic (exact) mass is 114 g/mol. The Kier molecular flexibility index (Phi) is 1.24. The smallest absolute Gasteiger partial charge is 0.306 e. The highest BCUT2D eigenvalue weighted by Crippen LogP contribution is 2.40. The van der Waals surface area contributed by atoms with Gasteiger partial charge in [-0.05, 0) is 12.3 Å². The highest BCUT2D eigenvalue weighted by atomic mass is 16.4. The minimum atomic E-state index is -0.614. The number of hydrogen-bond donors (Lipinski definition) is 1. The van der Waals surface area contributed by atoms with Gasteiger partial charge in [0.05, 0.1) is 5.92 Å². The molecule has 1 fully saturated rings. The fraction of sp³-hybridized carbons (Fsp3) is 0.833. The van der Waals surface area contributed by atoms with Crippen LogP contribution in [-0.4, -0.2) is 11.1 Å². The van der Waals surface area contributed by atoms with Gasteiger partial charge in [0, 0.05) is 0 Å². The number of carboxylic acid groups (broad SMARTS) is 1. The molecule has 0 aromatic rings. The molecule has 2 atom stereocenters. The molecule has 2 nitrogen and oxygen atoms in total. The van der Waals surface area contributed by atoms with Crippen molar-refractivity contribution in [2.45, 2.75) is 19.8 Å². The molecule has 1 aliphatic carbocycles. The van der Waals surface area contributed by atoms with Crippen molar-refractivity contribution in [2.24, 2.45) is 11.8 Å². The Balaban J connectivity index is 2.26. The summed E-state index contributed by atoms with van der Waals surface area (Å²) in [5.41, 5.74) is 0. The van der Waals surface area contributed by atoms with Crippen molar-refractivity contribution in [1.29, 1.82) is 0 Å². The molecular weight excluding hydrogens is 104 g/mol. The molecule has 0 bridgehead atoms. The molecule has 0 spiro atoms. The average Bonchev–Trinajstić information content (AvgIpc) is 2.42. The van der Waals surface area contributed by atoms with E-state index >= 15 is 0 Å². The molecule has 1 rings (SSSR count). The van der Waals surface area contributed by atoms with E-state index in [1.165, 1.54) is 0 Å². The second-order valence-electron chi connectivity index (χ2n) is 2.35. The lowest BCUT2D eigenvalue weighted by Gasteiger charge is -1.84. The zero-order chi connectivity index (χ0) is 6.15. The van der Waals surface area contributed by atoms with Crippen LogP contribution in [0.3, 0.4) is 0 Å². The SMILES string of the molecule is CCC1C[C@@H]1C(=O)O. The predicted molar refractivity (Wildman–Crippen MR) is 29.5 cm³/mol. The Labute approximate surface area is 48.5 Å². The van der Waals surface area contributed by atoms with Gasteiger partial charge in [-0.2, -0.15) is 0 Å². The summed E-state index contributed by atoms with van der Waals surface area (Å²) in [5.74, 6) is -0.121. The van der Waals surface area contributed by atoms with Gasteiger partial charge in [0.1, 0.15) is 0 Å². The first-order valence-electron chi connectivity index (χ1n) is 2.98. The summed E-state index contributed by atoms with van der Waals surface area (Å²) >= 11 is 0. The summed E-state index contributed by atoms with van der Waals surface area (Å²) < 4.78 is 0. The van der Waals surface area contributed by atoms with Crippen molar-refractivity contribution >= 4 is 5.97 Å². The van der Waals surface area contributed by atoms with E-state index in [-0.39, 0.29) is 5.92 Å². The van der Waals surface area contributed by atoms with Gasteiger partial charge < -0.3 is 5.11 Å². The normalized spacial score (nSPS) is 34.6. The lowest BCUT2D eigenvalue weighted by molar-refractivity contribution is -0.138. The molecule has 1 N–H and O–H groups in total.